The van der Waals surface area contributed by atoms with Crippen LogP contribution in [0.1, 0.15) is 13.3 Å². The first-order valence-corrected chi connectivity index (χ1v) is 5.00. The maximum absolute atomic E-state index is 5.19. The summed E-state index contributed by atoms with van der Waals surface area (Å²) in [6.45, 7) is 2.05. The molecule has 0 aliphatic heterocycles. The lowest BCUT2D eigenvalue weighted by Crippen LogP contribution is -1.61. The summed E-state index contributed by atoms with van der Waals surface area (Å²) in [6, 6.07) is 10.3. The molecule has 0 amide bonds. The molecule has 1 aromatic carbocycles. The van der Waals surface area contributed by atoms with Crippen LogP contribution in [-0.4, -0.2) is 10.9 Å². The number of H-pyrrole nitrogens is 1. The maximum Gasteiger partial charge on any atom is 0.0453 e. The first-order chi connectivity index (χ1) is 6.38. The van der Waals surface area contributed by atoms with Crippen molar-refractivity contribution >= 4 is 22.5 Å². The Morgan fingerprint density at radius 3 is 2.54 bits per heavy atom. The van der Waals surface area contributed by atoms with Crippen LogP contribution in [0.2, 0.25) is 0 Å². The molecule has 2 heteroatoms. The smallest absolute Gasteiger partial charge is 0.0453 e. The molecule has 0 bridgehead atoms. The normalized spacial score (nSPS) is 9.38. The van der Waals surface area contributed by atoms with Gasteiger partial charge in [-0.15, -0.1) is 11.6 Å². The lowest BCUT2D eigenvalue weighted by Gasteiger charge is -1.83. The van der Waals surface area contributed by atoms with Crippen molar-refractivity contribution in [2.45, 2.75) is 13.3 Å². The van der Waals surface area contributed by atoms with Crippen molar-refractivity contribution in [2.24, 2.45) is 0 Å². The van der Waals surface area contributed by atoms with E-state index in [1.54, 1.807) is 0 Å². The van der Waals surface area contributed by atoms with E-state index in [0.717, 1.165) is 12.3 Å². The third-order valence-corrected chi connectivity index (χ3v) is 2.03. The van der Waals surface area contributed by atoms with Crippen LogP contribution in [0, 0.1) is 0 Å². The van der Waals surface area contributed by atoms with E-state index < -0.39 is 0 Å². The predicted molar refractivity (Wildman–Crippen MR) is 59.3 cm³/mol. The van der Waals surface area contributed by atoms with E-state index in [1.807, 2.05) is 25.3 Å². The van der Waals surface area contributed by atoms with Gasteiger partial charge >= 0.3 is 0 Å². The Hall–Kier alpha value is -0.950. The molecule has 70 valence electrons. The quantitative estimate of drug-likeness (QED) is 0.667. The minimum absolute atomic E-state index is 0.792. The zero-order valence-electron chi connectivity index (χ0n) is 7.76. The molecule has 0 spiro atoms. The number of halogens is 1. The van der Waals surface area contributed by atoms with Gasteiger partial charge in [-0.3, -0.25) is 0 Å². The van der Waals surface area contributed by atoms with Crippen molar-refractivity contribution in [1.29, 1.82) is 0 Å². The Morgan fingerprint density at radius 1 is 1.23 bits per heavy atom. The van der Waals surface area contributed by atoms with Crippen molar-refractivity contribution < 1.29 is 0 Å². The van der Waals surface area contributed by atoms with Gasteiger partial charge < -0.3 is 4.98 Å². The Bertz CT molecular complexity index is 308. The van der Waals surface area contributed by atoms with Crippen molar-refractivity contribution in [3.8, 4) is 0 Å². The fourth-order valence-corrected chi connectivity index (χ4v) is 0.995. The second-order valence-electron chi connectivity index (χ2n) is 2.75. The van der Waals surface area contributed by atoms with Crippen LogP contribution in [-0.2, 0) is 0 Å². The molecule has 13 heavy (non-hydrogen) atoms. The summed E-state index contributed by atoms with van der Waals surface area (Å²) in [5.41, 5.74) is 1.21. The third kappa shape index (κ3) is 3.11. The number of benzene rings is 1. The van der Waals surface area contributed by atoms with Crippen molar-refractivity contribution in [3.63, 3.8) is 0 Å². The molecule has 0 atom stereocenters. The number of aromatic nitrogens is 1. The van der Waals surface area contributed by atoms with Gasteiger partial charge in [0.25, 0.3) is 0 Å². The van der Waals surface area contributed by atoms with Gasteiger partial charge in [0, 0.05) is 17.6 Å². The monoisotopic (exact) mass is 195 g/mol. The summed E-state index contributed by atoms with van der Waals surface area (Å²) in [4.78, 5) is 3.12. The summed E-state index contributed by atoms with van der Waals surface area (Å²) in [7, 11) is 0. The average molecular weight is 196 g/mol. The van der Waals surface area contributed by atoms with Crippen molar-refractivity contribution in [2.75, 3.05) is 5.88 Å². The molecule has 0 saturated heterocycles. The molecule has 0 aliphatic rings. The minimum Gasteiger partial charge on any atom is -0.361 e. The van der Waals surface area contributed by atoms with Crippen LogP contribution in [0.15, 0.2) is 36.5 Å². The average Bonchev–Trinajstić information content (AvgIpc) is 2.66. The number of alkyl halides is 1. The van der Waals surface area contributed by atoms with Crippen molar-refractivity contribution in [1.82, 2.24) is 4.98 Å². The van der Waals surface area contributed by atoms with E-state index >= 15 is 0 Å². The first kappa shape index (κ1) is 10.1. The summed E-state index contributed by atoms with van der Waals surface area (Å²) in [6.07, 6.45) is 3.03. The number of para-hydroxylation sites is 1. The summed E-state index contributed by atoms with van der Waals surface area (Å²) < 4.78 is 0. The molecule has 1 nitrogen and oxygen atoms in total. The molecule has 2 aromatic rings. The molecule has 0 fully saturated rings. The summed E-state index contributed by atoms with van der Waals surface area (Å²) in [5, 5.41) is 1.28. The third-order valence-electron chi connectivity index (χ3n) is 1.65. The molecule has 0 unspecified atom stereocenters. The van der Waals surface area contributed by atoms with Crippen LogP contribution < -0.4 is 0 Å². The highest BCUT2D eigenvalue weighted by atomic mass is 35.5. The van der Waals surface area contributed by atoms with E-state index in [0.29, 0.717) is 0 Å². The van der Waals surface area contributed by atoms with Gasteiger partial charge in [0.05, 0.1) is 0 Å². The van der Waals surface area contributed by atoms with Gasteiger partial charge in [-0.05, 0) is 23.9 Å². The highest BCUT2D eigenvalue weighted by Crippen LogP contribution is 2.09. The fraction of sp³-hybridized carbons (Fsp3) is 0.273. The van der Waals surface area contributed by atoms with Crippen LogP contribution in [0.25, 0.3) is 10.9 Å². The first-order valence-electron chi connectivity index (χ1n) is 4.46. The number of nitrogens with one attached hydrogen (secondary N) is 1. The molecule has 0 aliphatic carbocycles. The van der Waals surface area contributed by atoms with E-state index in [9.17, 15) is 0 Å². The topological polar surface area (TPSA) is 15.8 Å². The lowest BCUT2D eigenvalue weighted by atomic mass is 10.3. The number of rotatable bonds is 1. The van der Waals surface area contributed by atoms with Crippen LogP contribution in [0.3, 0.4) is 0 Å². The highest BCUT2D eigenvalue weighted by molar-refractivity contribution is 6.17. The Labute approximate surface area is 83.7 Å². The van der Waals surface area contributed by atoms with E-state index in [2.05, 4.69) is 23.2 Å². The van der Waals surface area contributed by atoms with Crippen LogP contribution in [0.5, 0.6) is 0 Å². The summed E-state index contributed by atoms with van der Waals surface area (Å²) in [5.74, 6) is 0.792. The summed E-state index contributed by atoms with van der Waals surface area (Å²) >= 11 is 5.19. The molecule has 0 saturated carbocycles. The van der Waals surface area contributed by atoms with Gasteiger partial charge in [0.15, 0.2) is 0 Å². The number of fused-ring (bicyclic) bond motifs is 1. The number of aromatic amines is 1. The Balaban J connectivity index is 0.000000184. The Kier molecular flexibility index (Phi) is 4.41. The number of hydrogen-bond acceptors (Lipinski definition) is 0. The molecular weight excluding hydrogens is 182 g/mol. The highest BCUT2D eigenvalue weighted by Gasteiger charge is 1.86. The fourth-order valence-electron chi connectivity index (χ4n) is 0.995. The molecule has 1 N–H and O–H groups in total. The molecule has 1 aromatic heterocycles. The standard InChI is InChI=1S/C8H7N.C3H7Cl/c1-2-4-8-7(3-1)5-6-9-8;1-2-3-4/h1-6,9H;2-3H2,1H3. The Morgan fingerprint density at radius 2 is 1.92 bits per heavy atom. The minimum atomic E-state index is 0.792. The maximum atomic E-state index is 5.19. The zero-order chi connectivity index (χ0) is 9.52. The van der Waals surface area contributed by atoms with Gasteiger partial charge in [0.1, 0.15) is 0 Å². The predicted octanol–water partition coefficient (Wildman–Crippen LogP) is 3.80. The van der Waals surface area contributed by atoms with E-state index in [-0.39, 0.29) is 0 Å². The molecule has 0 radical (unpaired) electrons. The second kappa shape index (κ2) is 5.65. The molecule has 2 rings (SSSR count). The van der Waals surface area contributed by atoms with E-state index in [4.69, 9.17) is 11.6 Å². The largest absolute Gasteiger partial charge is 0.361 e. The van der Waals surface area contributed by atoms with Gasteiger partial charge in [-0.2, -0.15) is 0 Å². The van der Waals surface area contributed by atoms with Crippen LogP contribution >= 0.6 is 11.6 Å². The molecular formula is C11H14ClN. The van der Waals surface area contributed by atoms with E-state index in [1.165, 1.54) is 10.9 Å². The SMILES string of the molecule is CCCCl.c1ccc2[nH]ccc2c1. The van der Waals surface area contributed by atoms with Gasteiger partial charge in [0.2, 0.25) is 0 Å². The second-order valence-corrected chi connectivity index (χ2v) is 3.13. The van der Waals surface area contributed by atoms with Gasteiger partial charge in [-0.25, -0.2) is 0 Å². The lowest BCUT2D eigenvalue weighted by molar-refractivity contribution is 1.10. The van der Waals surface area contributed by atoms with Crippen LogP contribution in [0.4, 0.5) is 0 Å². The molecule has 1 heterocycles. The van der Waals surface area contributed by atoms with Crippen molar-refractivity contribution in [3.05, 3.63) is 36.5 Å². The van der Waals surface area contributed by atoms with Gasteiger partial charge in [-0.1, -0.05) is 25.1 Å². The zero-order valence-corrected chi connectivity index (χ0v) is 8.51. The number of hydrogen-bond donors (Lipinski definition) is 1.